The lowest BCUT2D eigenvalue weighted by Gasteiger charge is -2.34. The third-order valence-corrected chi connectivity index (χ3v) is 14.5. The van der Waals surface area contributed by atoms with Crippen LogP contribution in [0.4, 0.5) is 17.1 Å². The molecule has 0 atom stereocenters. The molecule has 0 N–H and O–H groups in total. The second-order valence-corrected chi connectivity index (χ2v) is 17.9. The maximum absolute atomic E-state index is 6.19. The summed E-state index contributed by atoms with van der Waals surface area (Å²) in [5.74, 6) is 0. The number of hydrogen-bond donors (Lipinski definition) is 0. The first-order chi connectivity index (χ1) is 31.7. The van der Waals surface area contributed by atoms with Crippen LogP contribution < -0.4 is 4.90 Å². The van der Waals surface area contributed by atoms with Crippen molar-refractivity contribution in [3.05, 3.63) is 259 Å². The van der Waals surface area contributed by atoms with Crippen molar-refractivity contribution in [1.82, 2.24) is 0 Å². The van der Waals surface area contributed by atoms with Crippen LogP contribution in [0, 0.1) is 0 Å². The quantitative estimate of drug-likeness (QED) is 0.159. The Morgan fingerprint density at radius 2 is 0.891 bits per heavy atom. The number of furan rings is 1. The molecule has 64 heavy (non-hydrogen) atoms. The van der Waals surface area contributed by atoms with Crippen LogP contribution in [0.3, 0.4) is 0 Å². The van der Waals surface area contributed by atoms with Crippen LogP contribution in [0.15, 0.2) is 241 Å². The molecule has 0 amide bonds. The van der Waals surface area contributed by atoms with E-state index in [9.17, 15) is 0 Å². The molecule has 0 spiro atoms. The molecule has 0 saturated carbocycles. The van der Waals surface area contributed by atoms with Gasteiger partial charge in [0.2, 0.25) is 0 Å². The molecule has 0 radical (unpaired) electrons. The number of benzene rings is 10. The summed E-state index contributed by atoms with van der Waals surface area (Å²) in [5.41, 5.74) is 16.9. The predicted molar refractivity (Wildman–Crippen MR) is 269 cm³/mol. The third kappa shape index (κ3) is 5.58. The molecular weight excluding hydrogens is 795 g/mol. The normalized spacial score (nSPS) is 12.8. The van der Waals surface area contributed by atoms with Gasteiger partial charge >= 0.3 is 0 Å². The second kappa shape index (κ2) is 14.6. The lowest BCUT2D eigenvalue weighted by molar-refractivity contribution is 0.669. The molecule has 0 fully saturated rings. The van der Waals surface area contributed by atoms with E-state index in [4.69, 9.17) is 4.42 Å². The third-order valence-electron chi connectivity index (χ3n) is 13.4. The highest BCUT2D eigenvalue weighted by molar-refractivity contribution is 7.25. The Hall–Kier alpha value is -7.98. The molecule has 2 nitrogen and oxygen atoms in total. The topological polar surface area (TPSA) is 16.4 Å². The van der Waals surface area contributed by atoms with Crippen LogP contribution in [0.25, 0.3) is 75.5 Å². The summed E-state index contributed by atoms with van der Waals surface area (Å²) in [6.45, 7) is 0. The van der Waals surface area contributed by atoms with Gasteiger partial charge in [-0.2, -0.15) is 0 Å². The monoisotopic (exact) mass is 833 g/mol. The van der Waals surface area contributed by atoms with E-state index >= 15 is 0 Å². The SMILES string of the molecule is c1ccc(C2(c3ccccc3)c3ccccc3-c3c(N(c4ccc(-c5ccc6oc7ccccc7c6c5)cc4)c4ccc(-c5ccc6sc7ccccc7c6c5)cc4)cccc32)cc1. The van der Waals surface area contributed by atoms with Crippen molar-refractivity contribution in [3.63, 3.8) is 0 Å². The molecule has 0 saturated heterocycles. The van der Waals surface area contributed by atoms with Gasteiger partial charge in [0.05, 0.1) is 11.1 Å². The van der Waals surface area contributed by atoms with Crippen LogP contribution in [-0.2, 0) is 5.41 Å². The Morgan fingerprint density at radius 1 is 0.359 bits per heavy atom. The average molecular weight is 834 g/mol. The zero-order valence-electron chi connectivity index (χ0n) is 34.8. The Balaban J connectivity index is 0.994. The van der Waals surface area contributed by atoms with Crippen LogP contribution in [0.2, 0.25) is 0 Å². The largest absolute Gasteiger partial charge is 0.456 e. The Morgan fingerprint density at radius 3 is 1.61 bits per heavy atom. The Kier molecular flexibility index (Phi) is 8.34. The van der Waals surface area contributed by atoms with Crippen molar-refractivity contribution in [2.24, 2.45) is 0 Å². The van der Waals surface area contributed by atoms with Gasteiger partial charge in [-0.15, -0.1) is 11.3 Å². The number of hydrogen-bond acceptors (Lipinski definition) is 3. The highest BCUT2D eigenvalue weighted by atomic mass is 32.1. The summed E-state index contributed by atoms with van der Waals surface area (Å²) in [5, 5.41) is 4.88. The van der Waals surface area contributed by atoms with Gasteiger partial charge in [-0.25, -0.2) is 0 Å². The smallest absolute Gasteiger partial charge is 0.135 e. The summed E-state index contributed by atoms with van der Waals surface area (Å²) < 4.78 is 8.82. The van der Waals surface area contributed by atoms with Crippen molar-refractivity contribution in [2.75, 3.05) is 4.90 Å². The molecule has 2 heterocycles. The van der Waals surface area contributed by atoms with Gasteiger partial charge in [0, 0.05) is 47.9 Å². The number of rotatable bonds is 7. The molecule has 10 aromatic carbocycles. The lowest BCUT2D eigenvalue weighted by Crippen LogP contribution is -2.28. The van der Waals surface area contributed by atoms with Crippen molar-refractivity contribution < 1.29 is 4.42 Å². The minimum atomic E-state index is -0.510. The van der Waals surface area contributed by atoms with E-state index < -0.39 is 5.41 Å². The van der Waals surface area contributed by atoms with E-state index in [0.717, 1.165) is 50.1 Å². The number of anilines is 3. The molecule has 3 heteroatoms. The summed E-state index contributed by atoms with van der Waals surface area (Å²) in [4.78, 5) is 2.46. The molecule has 12 aromatic rings. The maximum Gasteiger partial charge on any atom is 0.135 e. The lowest BCUT2D eigenvalue weighted by atomic mass is 9.68. The van der Waals surface area contributed by atoms with Gasteiger partial charge in [0.15, 0.2) is 0 Å². The molecule has 2 aromatic heterocycles. The second-order valence-electron chi connectivity index (χ2n) is 16.8. The fourth-order valence-corrected chi connectivity index (χ4v) is 11.6. The summed E-state index contributed by atoms with van der Waals surface area (Å²) in [6.07, 6.45) is 0. The minimum Gasteiger partial charge on any atom is -0.456 e. The van der Waals surface area contributed by atoms with Gasteiger partial charge in [-0.05, 0) is 117 Å². The van der Waals surface area contributed by atoms with E-state index in [1.54, 1.807) is 0 Å². The molecule has 0 bridgehead atoms. The van der Waals surface area contributed by atoms with Gasteiger partial charge in [0.25, 0.3) is 0 Å². The molecule has 0 unspecified atom stereocenters. The van der Waals surface area contributed by atoms with Gasteiger partial charge in [0.1, 0.15) is 11.2 Å². The van der Waals surface area contributed by atoms with Crippen LogP contribution in [-0.4, -0.2) is 0 Å². The molecule has 1 aliphatic rings. The first kappa shape index (κ1) is 36.7. The molecule has 0 aliphatic heterocycles. The number of thiophene rings is 1. The zero-order chi connectivity index (χ0) is 42.2. The summed E-state index contributed by atoms with van der Waals surface area (Å²) >= 11 is 1.86. The number of para-hydroxylation sites is 1. The van der Waals surface area contributed by atoms with Crippen molar-refractivity contribution in [2.45, 2.75) is 5.41 Å². The van der Waals surface area contributed by atoms with E-state index in [2.05, 4.69) is 229 Å². The standard InChI is InChI=1S/C61H39NOS/c1-3-14-44(15-4-1)61(45-16-5-2-6-17-45)53-21-10-7-20-50(53)60-54(61)22-13-23-55(60)62(46-32-26-40(27-33-46)42-30-36-57-51(38-42)48-18-8-11-24-56(48)63-57)47-34-28-41(29-35-47)43-31-37-59-52(39-43)49-19-9-12-25-58(49)64-59/h1-39H. The van der Waals surface area contributed by atoms with E-state index in [-0.39, 0.29) is 0 Å². The van der Waals surface area contributed by atoms with Gasteiger partial charge in [-0.1, -0.05) is 170 Å². The average Bonchev–Trinajstić information content (AvgIpc) is 4.03. The highest BCUT2D eigenvalue weighted by Crippen LogP contribution is 2.59. The molecule has 1 aliphatic carbocycles. The van der Waals surface area contributed by atoms with Crippen LogP contribution >= 0.6 is 11.3 Å². The van der Waals surface area contributed by atoms with Gasteiger partial charge < -0.3 is 9.32 Å². The fourth-order valence-electron chi connectivity index (χ4n) is 10.5. The predicted octanol–water partition coefficient (Wildman–Crippen LogP) is 17.1. The maximum atomic E-state index is 6.19. The van der Waals surface area contributed by atoms with Crippen LogP contribution in [0.1, 0.15) is 22.3 Å². The van der Waals surface area contributed by atoms with Crippen molar-refractivity contribution in [1.29, 1.82) is 0 Å². The summed E-state index contributed by atoms with van der Waals surface area (Å²) in [6, 6.07) is 86.7. The summed E-state index contributed by atoms with van der Waals surface area (Å²) in [7, 11) is 0. The molecule has 13 rings (SSSR count). The minimum absolute atomic E-state index is 0.510. The molecule has 300 valence electrons. The Bertz CT molecular complexity index is 3520. The van der Waals surface area contributed by atoms with Gasteiger partial charge in [-0.3, -0.25) is 0 Å². The van der Waals surface area contributed by atoms with E-state index in [1.807, 2.05) is 23.5 Å². The van der Waals surface area contributed by atoms with Crippen molar-refractivity contribution >= 4 is 70.5 Å². The van der Waals surface area contributed by atoms with E-state index in [1.165, 1.54) is 64.7 Å². The van der Waals surface area contributed by atoms with Crippen molar-refractivity contribution in [3.8, 4) is 33.4 Å². The first-order valence-corrected chi connectivity index (χ1v) is 22.7. The highest BCUT2D eigenvalue weighted by Gasteiger charge is 2.47. The first-order valence-electron chi connectivity index (χ1n) is 21.9. The molecular formula is C61H39NOS. The number of nitrogens with zero attached hydrogens (tertiary/aromatic N) is 1. The van der Waals surface area contributed by atoms with E-state index in [0.29, 0.717) is 0 Å². The fraction of sp³-hybridized carbons (Fsp3) is 0.0164. The zero-order valence-corrected chi connectivity index (χ0v) is 35.6. The number of fused-ring (bicyclic) bond motifs is 9. The Labute approximate surface area is 375 Å². The van der Waals surface area contributed by atoms with Crippen LogP contribution in [0.5, 0.6) is 0 Å².